The van der Waals surface area contributed by atoms with Crippen molar-refractivity contribution in [1.82, 2.24) is 5.32 Å². The standard InChI is InChI=1S/C70H123NO10/c1-4-7-10-13-16-19-22-25-27-28-29-30-31-32-33-34-35-37-39-42-45-48-51-54-57-63(74)69(78)71-61(62(73)56-53-50-47-44-41-38-24-21-18-15-12-9-6-3)60-79-70-68(67(77)66(76)64(59-72)80-70)81-65(75)58-55-52-49-46-43-40-36-26-23-20-17-14-11-8-5-2/h16-17,19-20,23,25-27,29-30,32-33,53,56,61-64,66-68,70,72-74,76-77H,4-15,18,21-22,24,28,31,34-52,54-55,57-60H2,1-3H3,(H,71,78)/b19-16-,20-17+,26-23+,27-25-,30-29-,33-32-,56-53+. The summed E-state index contributed by atoms with van der Waals surface area (Å²) in [6.45, 7) is 5.73. The SMILES string of the molecule is CCCCC/C=C\C/C=C\C/C=C\C/C=C\CCCCCCCCCCC(O)C(=O)NC(COC1OC(CO)C(O)C(O)C1OC(=O)CCCCCCCC/C=C/C=C/CCCCC)C(O)/C=C/CCCCCCCCCCCCC. The van der Waals surface area contributed by atoms with Gasteiger partial charge in [-0.2, -0.15) is 0 Å². The molecule has 1 aliphatic rings. The van der Waals surface area contributed by atoms with Gasteiger partial charge in [0.1, 0.15) is 24.4 Å². The average Bonchev–Trinajstić information content (AvgIpc) is 3.46. The van der Waals surface area contributed by atoms with Crippen LogP contribution in [-0.2, 0) is 23.8 Å². The predicted octanol–water partition coefficient (Wildman–Crippen LogP) is 16.5. The zero-order chi connectivity index (χ0) is 58.9. The Kier molecular flexibility index (Phi) is 53.6. The van der Waals surface area contributed by atoms with Gasteiger partial charge in [-0.1, -0.05) is 266 Å². The summed E-state index contributed by atoms with van der Waals surface area (Å²) in [6.07, 6.45) is 64.7. The van der Waals surface area contributed by atoms with Gasteiger partial charge in [0.25, 0.3) is 0 Å². The molecule has 1 fully saturated rings. The molecule has 1 heterocycles. The smallest absolute Gasteiger partial charge is 0.306 e. The lowest BCUT2D eigenvalue weighted by molar-refractivity contribution is -0.305. The largest absolute Gasteiger partial charge is 0.454 e. The first kappa shape index (κ1) is 75.9. The molecular formula is C70H123NO10. The van der Waals surface area contributed by atoms with Crippen LogP contribution < -0.4 is 5.32 Å². The van der Waals surface area contributed by atoms with Gasteiger partial charge in [-0.3, -0.25) is 9.59 Å². The van der Waals surface area contributed by atoms with E-state index in [-0.39, 0.29) is 19.4 Å². The molecule has 0 aromatic heterocycles. The molecule has 6 N–H and O–H groups in total. The Labute approximate surface area is 495 Å². The van der Waals surface area contributed by atoms with E-state index in [4.69, 9.17) is 14.2 Å². The molecule has 81 heavy (non-hydrogen) atoms. The van der Waals surface area contributed by atoms with E-state index >= 15 is 0 Å². The van der Waals surface area contributed by atoms with E-state index in [1.807, 2.05) is 6.08 Å². The number of allylic oxidation sites excluding steroid dienone is 13. The van der Waals surface area contributed by atoms with Crippen LogP contribution in [0, 0.1) is 0 Å². The van der Waals surface area contributed by atoms with Crippen LogP contribution in [0.25, 0.3) is 0 Å². The number of aliphatic hydroxyl groups is 5. The molecule has 8 atom stereocenters. The number of esters is 1. The lowest BCUT2D eigenvalue weighted by Gasteiger charge is -2.41. The van der Waals surface area contributed by atoms with Crippen molar-refractivity contribution in [2.24, 2.45) is 0 Å². The minimum absolute atomic E-state index is 0.107. The fourth-order valence-corrected chi connectivity index (χ4v) is 9.98. The number of nitrogens with one attached hydrogen (secondary N) is 1. The summed E-state index contributed by atoms with van der Waals surface area (Å²) in [5, 5.41) is 57.1. The lowest BCUT2D eigenvalue weighted by atomic mass is 9.99. The van der Waals surface area contributed by atoms with Gasteiger partial charge in [-0.15, -0.1) is 0 Å². The van der Waals surface area contributed by atoms with Crippen LogP contribution >= 0.6 is 0 Å². The van der Waals surface area contributed by atoms with Gasteiger partial charge in [-0.25, -0.2) is 0 Å². The van der Waals surface area contributed by atoms with Crippen LogP contribution in [0.4, 0.5) is 0 Å². The Morgan fingerprint density at radius 1 is 0.494 bits per heavy atom. The Bertz CT molecular complexity index is 1640. The molecule has 0 aromatic rings. The van der Waals surface area contributed by atoms with Gasteiger partial charge < -0.3 is 45.1 Å². The highest BCUT2D eigenvalue weighted by Crippen LogP contribution is 2.26. The molecule has 0 aliphatic carbocycles. The van der Waals surface area contributed by atoms with Crippen molar-refractivity contribution < 1.29 is 49.3 Å². The van der Waals surface area contributed by atoms with Crippen LogP contribution in [0.5, 0.6) is 0 Å². The van der Waals surface area contributed by atoms with E-state index in [1.165, 1.54) is 128 Å². The second-order valence-corrected chi connectivity index (χ2v) is 22.9. The van der Waals surface area contributed by atoms with Gasteiger partial charge in [0, 0.05) is 6.42 Å². The molecule has 1 aliphatic heterocycles. The summed E-state index contributed by atoms with van der Waals surface area (Å²) in [7, 11) is 0. The molecule has 0 spiro atoms. The molecule has 0 bridgehead atoms. The Morgan fingerprint density at radius 2 is 0.889 bits per heavy atom. The van der Waals surface area contributed by atoms with Crippen molar-refractivity contribution in [3.8, 4) is 0 Å². The summed E-state index contributed by atoms with van der Waals surface area (Å²) >= 11 is 0. The number of unbranched alkanes of at least 4 members (excludes halogenated alkanes) is 31. The minimum Gasteiger partial charge on any atom is -0.454 e. The second-order valence-electron chi connectivity index (χ2n) is 22.9. The van der Waals surface area contributed by atoms with E-state index in [1.54, 1.807) is 6.08 Å². The summed E-state index contributed by atoms with van der Waals surface area (Å²) < 4.78 is 17.6. The normalized spacial score (nSPS) is 19.2. The van der Waals surface area contributed by atoms with E-state index in [0.717, 1.165) is 109 Å². The number of hydrogen-bond acceptors (Lipinski definition) is 10. The zero-order valence-electron chi connectivity index (χ0n) is 51.9. The van der Waals surface area contributed by atoms with Crippen LogP contribution in [0.3, 0.4) is 0 Å². The molecule has 11 heteroatoms. The molecule has 8 unspecified atom stereocenters. The third kappa shape index (κ3) is 45.0. The Balaban J connectivity index is 2.64. The summed E-state index contributed by atoms with van der Waals surface area (Å²) in [6, 6.07) is -1.03. The fourth-order valence-electron chi connectivity index (χ4n) is 9.98. The highest BCUT2D eigenvalue weighted by molar-refractivity contribution is 5.80. The van der Waals surface area contributed by atoms with Crippen LogP contribution in [-0.4, -0.2) is 99.6 Å². The maximum Gasteiger partial charge on any atom is 0.306 e. The van der Waals surface area contributed by atoms with Gasteiger partial charge in [-0.05, 0) is 96.3 Å². The van der Waals surface area contributed by atoms with Crippen LogP contribution in [0.2, 0.25) is 0 Å². The van der Waals surface area contributed by atoms with Crippen molar-refractivity contribution in [3.05, 3.63) is 85.1 Å². The van der Waals surface area contributed by atoms with Crippen molar-refractivity contribution in [2.75, 3.05) is 13.2 Å². The summed E-state index contributed by atoms with van der Waals surface area (Å²) in [4.78, 5) is 26.6. The molecule has 0 saturated carbocycles. The van der Waals surface area contributed by atoms with Crippen LogP contribution in [0.1, 0.15) is 284 Å². The fraction of sp³-hybridized carbons (Fsp3) is 0.771. The minimum atomic E-state index is -1.62. The first-order chi connectivity index (χ1) is 39.7. The Hall–Kier alpha value is -3.16. The second kappa shape index (κ2) is 57.3. The quantitative estimate of drug-likeness (QED) is 0.0149. The Morgan fingerprint density at radius 3 is 1.37 bits per heavy atom. The van der Waals surface area contributed by atoms with Gasteiger partial charge in [0.05, 0.1) is 25.4 Å². The molecule has 468 valence electrons. The molecular weight excluding hydrogens is 1010 g/mol. The zero-order valence-corrected chi connectivity index (χ0v) is 51.9. The van der Waals surface area contributed by atoms with Crippen LogP contribution in [0.15, 0.2) is 85.1 Å². The van der Waals surface area contributed by atoms with Crippen molar-refractivity contribution >= 4 is 11.9 Å². The van der Waals surface area contributed by atoms with Crippen molar-refractivity contribution in [1.29, 1.82) is 0 Å². The summed E-state index contributed by atoms with van der Waals surface area (Å²) in [5.41, 5.74) is 0. The van der Waals surface area contributed by atoms with E-state index in [0.29, 0.717) is 12.8 Å². The number of aliphatic hydroxyl groups excluding tert-OH is 5. The first-order valence-corrected chi connectivity index (χ1v) is 33.4. The topological polar surface area (TPSA) is 175 Å². The van der Waals surface area contributed by atoms with E-state index in [2.05, 4.69) is 99.0 Å². The van der Waals surface area contributed by atoms with Crippen molar-refractivity contribution in [2.45, 2.75) is 333 Å². The first-order valence-electron chi connectivity index (χ1n) is 33.4. The van der Waals surface area contributed by atoms with E-state index < -0.39 is 67.4 Å². The number of rotatable bonds is 56. The maximum absolute atomic E-state index is 13.5. The summed E-state index contributed by atoms with van der Waals surface area (Å²) in [5.74, 6) is -1.21. The van der Waals surface area contributed by atoms with Gasteiger partial charge >= 0.3 is 5.97 Å². The lowest BCUT2D eigenvalue weighted by Crippen LogP contribution is -2.61. The van der Waals surface area contributed by atoms with E-state index in [9.17, 15) is 35.1 Å². The third-order valence-electron chi connectivity index (χ3n) is 15.3. The maximum atomic E-state index is 13.5. The molecule has 1 amide bonds. The third-order valence-corrected chi connectivity index (χ3v) is 15.3. The highest BCUT2D eigenvalue weighted by Gasteiger charge is 2.47. The average molecular weight is 1140 g/mol. The number of hydrogen-bond donors (Lipinski definition) is 6. The monoisotopic (exact) mass is 1140 g/mol. The number of amides is 1. The molecule has 0 aromatic carbocycles. The van der Waals surface area contributed by atoms with Gasteiger partial charge in [0.15, 0.2) is 12.4 Å². The highest BCUT2D eigenvalue weighted by atomic mass is 16.7. The molecule has 0 radical (unpaired) electrons. The number of carbonyl (C=O) groups is 2. The number of ether oxygens (including phenoxy) is 3. The number of carbonyl (C=O) groups excluding carboxylic acids is 2. The molecule has 1 rings (SSSR count). The van der Waals surface area contributed by atoms with Crippen molar-refractivity contribution in [3.63, 3.8) is 0 Å². The molecule has 11 nitrogen and oxygen atoms in total. The predicted molar refractivity (Wildman–Crippen MR) is 338 cm³/mol. The molecule has 1 saturated heterocycles. The van der Waals surface area contributed by atoms with Gasteiger partial charge in [0.2, 0.25) is 5.91 Å².